The van der Waals surface area contributed by atoms with Crippen LogP contribution in [-0.2, 0) is 4.74 Å². The molecule has 1 aliphatic rings. The molecule has 1 fully saturated rings. The second-order valence-corrected chi connectivity index (χ2v) is 4.83. The first-order valence-electron chi connectivity index (χ1n) is 5.07. The van der Waals surface area contributed by atoms with Gasteiger partial charge in [0, 0.05) is 0 Å². The number of halogens is 1. The van der Waals surface area contributed by atoms with Crippen LogP contribution in [0.1, 0.15) is 27.2 Å². The van der Waals surface area contributed by atoms with Crippen LogP contribution in [0.25, 0.3) is 0 Å². The van der Waals surface area contributed by atoms with Crippen LogP contribution < -0.4 is 0 Å². The van der Waals surface area contributed by atoms with Crippen molar-refractivity contribution < 1.29 is 19.0 Å². The molecule has 0 aromatic heterocycles. The molecular formula is C10H18FNO3. The summed E-state index contributed by atoms with van der Waals surface area (Å²) in [6.07, 6.45) is -0.907. The van der Waals surface area contributed by atoms with Gasteiger partial charge in [-0.25, -0.2) is 9.18 Å². The van der Waals surface area contributed by atoms with Gasteiger partial charge in [-0.3, -0.25) is 4.90 Å². The standard InChI is InChI=1S/C10H18FNO3/c1-10(2,3)15-9(14)12-6-8(13)4-7(12)5-11/h7-8,13H,4-6H2,1-3H3/t7-,8+/m1/s1. The summed E-state index contributed by atoms with van der Waals surface area (Å²) in [5, 5.41) is 9.33. The largest absolute Gasteiger partial charge is 0.444 e. The number of aliphatic hydroxyl groups excluding tert-OH is 1. The Morgan fingerprint density at radius 3 is 2.67 bits per heavy atom. The molecule has 0 aromatic rings. The van der Waals surface area contributed by atoms with E-state index in [0.29, 0.717) is 0 Å². The quantitative estimate of drug-likeness (QED) is 0.723. The third kappa shape index (κ3) is 3.34. The molecule has 0 bridgehead atoms. The van der Waals surface area contributed by atoms with Crippen LogP contribution in [0.4, 0.5) is 9.18 Å². The molecule has 88 valence electrons. The number of alkyl halides is 1. The Balaban J connectivity index is 2.59. The van der Waals surface area contributed by atoms with E-state index < -0.39 is 30.5 Å². The van der Waals surface area contributed by atoms with Gasteiger partial charge in [0.05, 0.1) is 18.7 Å². The smallest absolute Gasteiger partial charge is 0.410 e. The summed E-state index contributed by atoms with van der Waals surface area (Å²) < 4.78 is 17.7. The fraction of sp³-hybridized carbons (Fsp3) is 0.900. The molecule has 1 N–H and O–H groups in total. The first-order valence-corrected chi connectivity index (χ1v) is 5.07. The van der Waals surface area contributed by atoms with Crippen LogP contribution in [0, 0.1) is 0 Å². The topological polar surface area (TPSA) is 49.8 Å². The Bertz CT molecular complexity index is 239. The average molecular weight is 219 g/mol. The third-order valence-corrected chi connectivity index (χ3v) is 2.20. The zero-order valence-electron chi connectivity index (χ0n) is 9.36. The number of nitrogens with zero attached hydrogens (tertiary/aromatic N) is 1. The maximum Gasteiger partial charge on any atom is 0.410 e. The average Bonchev–Trinajstić information content (AvgIpc) is 2.43. The molecule has 1 heterocycles. The van der Waals surface area contributed by atoms with E-state index in [-0.39, 0.29) is 13.0 Å². The van der Waals surface area contributed by atoms with E-state index in [4.69, 9.17) is 4.74 Å². The number of ether oxygens (including phenoxy) is 1. The molecule has 1 rings (SSSR count). The van der Waals surface area contributed by atoms with E-state index in [0.717, 1.165) is 0 Å². The van der Waals surface area contributed by atoms with Crippen molar-refractivity contribution >= 4 is 6.09 Å². The van der Waals surface area contributed by atoms with E-state index in [2.05, 4.69) is 0 Å². The molecule has 0 saturated carbocycles. The lowest BCUT2D eigenvalue weighted by Gasteiger charge is -2.27. The monoisotopic (exact) mass is 219 g/mol. The molecule has 2 atom stereocenters. The number of hydrogen-bond acceptors (Lipinski definition) is 3. The summed E-state index contributed by atoms with van der Waals surface area (Å²) in [5.74, 6) is 0. The number of amides is 1. The van der Waals surface area contributed by atoms with Crippen molar-refractivity contribution in [2.45, 2.75) is 44.9 Å². The second kappa shape index (κ2) is 4.35. The molecule has 15 heavy (non-hydrogen) atoms. The third-order valence-electron chi connectivity index (χ3n) is 2.20. The maximum atomic E-state index is 12.6. The van der Waals surface area contributed by atoms with E-state index in [1.54, 1.807) is 20.8 Å². The number of β-amino-alcohol motifs (C(OH)–C–C–N with tert-alkyl or cyclic N) is 1. The van der Waals surface area contributed by atoms with Crippen LogP contribution in [0.5, 0.6) is 0 Å². The first-order chi connectivity index (χ1) is 6.83. The Morgan fingerprint density at radius 2 is 2.20 bits per heavy atom. The number of carbonyl (C=O) groups excluding carboxylic acids is 1. The minimum atomic E-state index is -0.643. The lowest BCUT2D eigenvalue weighted by atomic mass is 10.2. The summed E-state index contributed by atoms with van der Waals surface area (Å²) in [6, 6.07) is -0.546. The van der Waals surface area contributed by atoms with Gasteiger partial charge in [0.1, 0.15) is 12.3 Å². The van der Waals surface area contributed by atoms with Gasteiger partial charge in [0.25, 0.3) is 0 Å². The minimum Gasteiger partial charge on any atom is -0.444 e. The predicted octanol–water partition coefficient (Wildman–Crippen LogP) is 1.33. The highest BCUT2D eigenvalue weighted by Crippen LogP contribution is 2.21. The van der Waals surface area contributed by atoms with Gasteiger partial charge in [-0.2, -0.15) is 0 Å². The summed E-state index contributed by atoms with van der Waals surface area (Å²) in [5.41, 5.74) is -0.592. The number of carbonyl (C=O) groups is 1. The number of rotatable bonds is 1. The fourth-order valence-electron chi connectivity index (χ4n) is 1.58. The van der Waals surface area contributed by atoms with Gasteiger partial charge < -0.3 is 9.84 Å². The summed E-state index contributed by atoms with van der Waals surface area (Å²) in [6.45, 7) is 4.77. The van der Waals surface area contributed by atoms with Crippen molar-refractivity contribution in [1.29, 1.82) is 0 Å². The normalized spacial score (nSPS) is 26.9. The fourth-order valence-corrected chi connectivity index (χ4v) is 1.58. The Morgan fingerprint density at radius 1 is 1.60 bits per heavy atom. The minimum absolute atomic E-state index is 0.156. The molecule has 0 unspecified atom stereocenters. The van der Waals surface area contributed by atoms with E-state index in [1.165, 1.54) is 4.90 Å². The zero-order chi connectivity index (χ0) is 11.6. The molecular weight excluding hydrogens is 201 g/mol. The molecule has 0 aliphatic carbocycles. The summed E-state index contributed by atoms with van der Waals surface area (Å²) in [7, 11) is 0. The molecule has 0 radical (unpaired) electrons. The van der Waals surface area contributed by atoms with Crippen molar-refractivity contribution in [3.8, 4) is 0 Å². The molecule has 0 aromatic carbocycles. The van der Waals surface area contributed by atoms with Crippen LogP contribution in [0.2, 0.25) is 0 Å². The van der Waals surface area contributed by atoms with Crippen LogP contribution in [-0.4, -0.2) is 47.1 Å². The Kier molecular flexibility index (Phi) is 3.54. The van der Waals surface area contributed by atoms with Gasteiger partial charge >= 0.3 is 6.09 Å². The van der Waals surface area contributed by atoms with Gasteiger partial charge in [0.15, 0.2) is 0 Å². The SMILES string of the molecule is CC(C)(C)OC(=O)N1C[C@@H](O)C[C@@H]1CF. The molecule has 0 spiro atoms. The van der Waals surface area contributed by atoms with Gasteiger partial charge in [-0.1, -0.05) is 0 Å². The van der Waals surface area contributed by atoms with E-state index >= 15 is 0 Å². The predicted molar refractivity (Wildman–Crippen MR) is 53.3 cm³/mol. The highest BCUT2D eigenvalue weighted by molar-refractivity contribution is 5.69. The summed E-state index contributed by atoms with van der Waals surface area (Å²) in [4.78, 5) is 12.9. The zero-order valence-corrected chi connectivity index (χ0v) is 9.36. The van der Waals surface area contributed by atoms with Crippen molar-refractivity contribution in [1.82, 2.24) is 4.90 Å². The highest BCUT2D eigenvalue weighted by atomic mass is 19.1. The Labute approximate surface area is 89.0 Å². The van der Waals surface area contributed by atoms with Gasteiger partial charge in [-0.15, -0.1) is 0 Å². The van der Waals surface area contributed by atoms with Crippen LogP contribution in [0.3, 0.4) is 0 Å². The van der Waals surface area contributed by atoms with Crippen LogP contribution in [0.15, 0.2) is 0 Å². The van der Waals surface area contributed by atoms with Crippen molar-refractivity contribution in [2.75, 3.05) is 13.2 Å². The lowest BCUT2D eigenvalue weighted by Crippen LogP contribution is -2.41. The summed E-state index contributed by atoms with van der Waals surface area (Å²) >= 11 is 0. The van der Waals surface area contributed by atoms with Crippen molar-refractivity contribution in [2.24, 2.45) is 0 Å². The maximum absolute atomic E-state index is 12.6. The molecule has 4 nitrogen and oxygen atoms in total. The lowest BCUT2D eigenvalue weighted by molar-refractivity contribution is 0.0191. The number of aliphatic hydroxyl groups is 1. The highest BCUT2D eigenvalue weighted by Gasteiger charge is 2.36. The van der Waals surface area contributed by atoms with Gasteiger partial charge in [0.2, 0.25) is 0 Å². The first kappa shape index (κ1) is 12.2. The van der Waals surface area contributed by atoms with Crippen LogP contribution >= 0.6 is 0 Å². The van der Waals surface area contributed by atoms with Crippen molar-refractivity contribution in [3.63, 3.8) is 0 Å². The van der Waals surface area contributed by atoms with E-state index in [1.807, 2.05) is 0 Å². The number of likely N-dealkylation sites (tertiary alicyclic amines) is 1. The van der Waals surface area contributed by atoms with Crippen molar-refractivity contribution in [3.05, 3.63) is 0 Å². The molecule has 1 saturated heterocycles. The molecule has 5 heteroatoms. The Hall–Kier alpha value is -0.840. The molecule has 1 amide bonds. The second-order valence-electron chi connectivity index (χ2n) is 4.83. The molecule has 1 aliphatic heterocycles. The van der Waals surface area contributed by atoms with Gasteiger partial charge in [-0.05, 0) is 27.2 Å². The number of hydrogen-bond donors (Lipinski definition) is 1. The van der Waals surface area contributed by atoms with E-state index in [9.17, 15) is 14.3 Å².